The van der Waals surface area contributed by atoms with E-state index in [9.17, 15) is 35.7 Å². The Balaban J connectivity index is 1.70. The number of ether oxygens (including phenoxy) is 5. The van der Waals surface area contributed by atoms with E-state index in [0.29, 0.717) is 6.61 Å². The third-order valence-electron chi connectivity index (χ3n) is 7.36. The molecule has 12 nitrogen and oxygen atoms in total. The van der Waals surface area contributed by atoms with Gasteiger partial charge in [0.15, 0.2) is 12.6 Å². The molecule has 0 spiro atoms. The zero-order valence-corrected chi connectivity index (χ0v) is 23.4. The van der Waals surface area contributed by atoms with E-state index in [0.717, 1.165) is 12.8 Å². The molecule has 1 unspecified atom stereocenters. The summed E-state index contributed by atoms with van der Waals surface area (Å²) in [6, 6.07) is 0. The smallest absolute Gasteiger partial charge is 0.187 e. The lowest BCUT2D eigenvalue weighted by atomic mass is 9.97. The second kappa shape index (κ2) is 18.9. The van der Waals surface area contributed by atoms with Crippen LogP contribution in [-0.2, 0) is 23.7 Å². The Hall–Kier alpha value is -0.480. The van der Waals surface area contributed by atoms with Gasteiger partial charge in [-0.15, -0.1) is 0 Å². The minimum Gasteiger partial charge on any atom is -0.394 e. The summed E-state index contributed by atoms with van der Waals surface area (Å²) in [5.74, 6) is 0. The summed E-state index contributed by atoms with van der Waals surface area (Å²) in [5, 5.41) is 70.5. The Kier molecular flexibility index (Phi) is 16.8. The molecule has 2 saturated heterocycles. The van der Waals surface area contributed by atoms with E-state index in [-0.39, 0.29) is 12.7 Å². The molecule has 2 aliphatic rings. The van der Waals surface area contributed by atoms with Crippen LogP contribution in [0.5, 0.6) is 0 Å². The van der Waals surface area contributed by atoms with Gasteiger partial charge in [0.1, 0.15) is 48.8 Å². The highest BCUT2D eigenvalue weighted by Gasteiger charge is 2.50. The van der Waals surface area contributed by atoms with Crippen molar-refractivity contribution in [3.8, 4) is 0 Å². The minimum atomic E-state index is -1.71. The van der Waals surface area contributed by atoms with Crippen LogP contribution in [0.2, 0.25) is 0 Å². The Morgan fingerprint density at radius 3 is 1.77 bits per heavy atom. The topological polar surface area (TPSA) is 188 Å². The average Bonchev–Trinajstić information content (AvgIpc) is 2.93. The van der Waals surface area contributed by atoms with Crippen LogP contribution in [0.25, 0.3) is 0 Å². The van der Waals surface area contributed by atoms with E-state index < -0.39 is 74.6 Å². The molecule has 0 bridgehead atoms. The standard InChI is InChI=1S/C27H52O12/c1-3-4-5-6-7-8-9-10-11-12-13-35-17(2)16-36-26-24(34)22(32)25(19(15-29)38-26)39-27-23(33)21(31)20(30)18(14-28)37-27/h17-34H,3-16H2,1-2H3/t17?,18-,19-,20+,21+,22-,23-,24-,25-,26-,27+/m1/s1. The largest absolute Gasteiger partial charge is 0.394 e. The van der Waals surface area contributed by atoms with Crippen molar-refractivity contribution in [2.45, 2.75) is 146 Å². The molecule has 0 radical (unpaired) electrons. The summed E-state index contributed by atoms with van der Waals surface area (Å²) < 4.78 is 27.9. The molecule has 2 aliphatic heterocycles. The highest BCUT2D eigenvalue weighted by atomic mass is 16.7. The molecule has 2 rings (SSSR count). The van der Waals surface area contributed by atoms with E-state index in [1.165, 1.54) is 51.4 Å². The summed E-state index contributed by atoms with van der Waals surface area (Å²) in [5.41, 5.74) is 0. The molecule has 11 atom stereocenters. The van der Waals surface area contributed by atoms with Crippen molar-refractivity contribution < 1.29 is 59.4 Å². The maximum absolute atomic E-state index is 10.7. The zero-order valence-electron chi connectivity index (χ0n) is 23.4. The van der Waals surface area contributed by atoms with Gasteiger partial charge in [-0.1, -0.05) is 64.7 Å². The monoisotopic (exact) mass is 568 g/mol. The molecule has 0 saturated carbocycles. The summed E-state index contributed by atoms with van der Waals surface area (Å²) in [4.78, 5) is 0. The number of aliphatic hydroxyl groups excluding tert-OH is 7. The lowest BCUT2D eigenvalue weighted by Crippen LogP contribution is -2.64. The third kappa shape index (κ3) is 11.0. The van der Waals surface area contributed by atoms with Gasteiger partial charge in [0.05, 0.1) is 25.9 Å². The fourth-order valence-corrected chi connectivity index (χ4v) is 4.85. The van der Waals surface area contributed by atoms with Crippen molar-refractivity contribution in [3.05, 3.63) is 0 Å². The van der Waals surface area contributed by atoms with Gasteiger partial charge < -0.3 is 59.4 Å². The Morgan fingerprint density at radius 2 is 1.18 bits per heavy atom. The first kappa shape index (κ1) is 34.7. The number of aliphatic hydroxyl groups is 7. The van der Waals surface area contributed by atoms with Crippen LogP contribution in [0.15, 0.2) is 0 Å². The highest BCUT2D eigenvalue weighted by molar-refractivity contribution is 4.94. The van der Waals surface area contributed by atoms with Crippen molar-refractivity contribution in [1.82, 2.24) is 0 Å². The molecule has 7 N–H and O–H groups in total. The Bertz CT molecular complexity index is 624. The first-order chi connectivity index (χ1) is 18.7. The van der Waals surface area contributed by atoms with E-state index in [2.05, 4.69) is 6.92 Å². The quantitative estimate of drug-likeness (QED) is 0.103. The number of unbranched alkanes of at least 4 members (excludes halogenated alkanes) is 9. The highest BCUT2D eigenvalue weighted by Crippen LogP contribution is 2.29. The van der Waals surface area contributed by atoms with Crippen molar-refractivity contribution in [2.75, 3.05) is 26.4 Å². The lowest BCUT2D eigenvalue weighted by molar-refractivity contribution is -0.360. The normalized spacial score (nSPS) is 36.2. The molecule has 39 heavy (non-hydrogen) atoms. The molecule has 2 fully saturated rings. The Labute approximate surface area is 231 Å². The van der Waals surface area contributed by atoms with E-state index >= 15 is 0 Å². The van der Waals surface area contributed by atoms with Gasteiger partial charge in [-0.2, -0.15) is 0 Å². The molecule has 0 amide bonds. The fraction of sp³-hybridized carbons (Fsp3) is 1.00. The first-order valence-electron chi connectivity index (χ1n) is 14.6. The van der Waals surface area contributed by atoms with Crippen LogP contribution < -0.4 is 0 Å². The van der Waals surface area contributed by atoms with Gasteiger partial charge in [-0.05, 0) is 13.3 Å². The summed E-state index contributed by atoms with van der Waals surface area (Å²) >= 11 is 0. The van der Waals surface area contributed by atoms with E-state index in [4.69, 9.17) is 23.7 Å². The number of hydrogen-bond donors (Lipinski definition) is 7. The van der Waals surface area contributed by atoms with Gasteiger partial charge in [-0.3, -0.25) is 0 Å². The summed E-state index contributed by atoms with van der Waals surface area (Å²) in [7, 11) is 0. The molecule has 12 heteroatoms. The van der Waals surface area contributed by atoms with Gasteiger partial charge in [-0.25, -0.2) is 0 Å². The van der Waals surface area contributed by atoms with E-state index in [1.807, 2.05) is 6.92 Å². The predicted octanol–water partition coefficient (Wildman–Crippen LogP) is -0.0469. The van der Waals surface area contributed by atoms with Crippen LogP contribution in [0.4, 0.5) is 0 Å². The van der Waals surface area contributed by atoms with Gasteiger partial charge >= 0.3 is 0 Å². The van der Waals surface area contributed by atoms with Crippen molar-refractivity contribution in [2.24, 2.45) is 0 Å². The fourth-order valence-electron chi connectivity index (χ4n) is 4.85. The third-order valence-corrected chi connectivity index (χ3v) is 7.36. The molecule has 2 heterocycles. The molecule has 0 aromatic heterocycles. The predicted molar refractivity (Wildman–Crippen MR) is 140 cm³/mol. The van der Waals surface area contributed by atoms with Crippen LogP contribution in [0.1, 0.15) is 78.1 Å². The number of hydrogen-bond acceptors (Lipinski definition) is 12. The number of rotatable bonds is 19. The molecule has 0 aromatic rings. The lowest BCUT2D eigenvalue weighted by Gasteiger charge is -2.46. The molecular formula is C27H52O12. The molecular weight excluding hydrogens is 516 g/mol. The van der Waals surface area contributed by atoms with Crippen molar-refractivity contribution in [1.29, 1.82) is 0 Å². The second-order valence-electron chi connectivity index (χ2n) is 10.7. The maximum atomic E-state index is 10.7. The van der Waals surface area contributed by atoms with Crippen molar-refractivity contribution >= 4 is 0 Å². The minimum absolute atomic E-state index is 0.0859. The van der Waals surface area contributed by atoms with Gasteiger partial charge in [0, 0.05) is 6.61 Å². The molecule has 0 aliphatic carbocycles. The average molecular weight is 569 g/mol. The SMILES string of the molecule is CCCCCCCCCCCCOC(C)CO[C@@H]1O[C@H](CO)[C@@H](O[C@@H]2O[C@H](CO)[C@H](O)[C@H](O)[C@H]2O)[C@H](O)[C@H]1O. The van der Waals surface area contributed by atoms with E-state index in [1.54, 1.807) is 0 Å². The zero-order chi connectivity index (χ0) is 28.8. The van der Waals surface area contributed by atoms with Gasteiger partial charge in [0.2, 0.25) is 0 Å². The first-order valence-corrected chi connectivity index (χ1v) is 14.6. The molecule has 232 valence electrons. The summed E-state index contributed by atoms with van der Waals surface area (Å²) in [6.45, 7) is 3.46. The second-order valence-corrected chi connectivity index (χ2v) is 10.7. The maximum Gasteiger partial charge on any atom is 0.187 e. The summed E-state index contributed by atoms with van der Waals surface area (Å²) in [6.07, 6.45) is -2.65. The molecule has 0 aromatic carbocycles. The van der Waals surface area contributed by atoms with Crippen LogP contribution in [0, 0.1) is 0 Å². The van der Waals surface area contributed by atoms with Crippen LogP contribution >= 0.6 is 0 Å². The van der Waals surface area contributed by atoms with Crippen LogP contribution in [0.3, 0.4) is 0 Å². The van der Waals surface area contributed by atoms with Crippen LogP contribution in [-0.4, -0.2) is 130 Å². The Morgan fingerprint density at radius 1 is 0.641 bits per heavy atom. The van der Waals surface area contributed by atoms with Gasteiger partial charge in [0.25, 0.3) is 0 Å². The van der Waals surface area contributed by atoms with Crippen molar-refractivity contribution in [3.63, 3.8) is 0 Å².